The van der Waals surface area contributed by atoms with Gasteiger partial charge in [0.05, 0.1) is 0 Å². The molecule has 1 saturated heterocycles. The van der Waals surface area contributed by atoms with Crippen LogP contribution in [0.2, 0.25) is 0 Å². The minimum Gasteiger partial charge on any atom is -0.476 e. The molecule has 0 bridgehead atoms. The summed E-state index contributed by atoms with van der Waals surface area (Å²) in [7, 11) is 0. The number of carboxylic acids is 1. The topological polar surface area (TPSA) is 57.8 Å². The molecule has 21 heavy (non-hydrogen) atoms. The summed E-state index contributed by atoms with van der Waals surface area (Å²) in [5.74, 6) is 0.645. The van der Waals surface area contributed by atoms with Crippen molar-refractivity contribution in [1.82, 2.24) is 9.38 Å². The first-order valence-corrected chi connectivity index (χ1v) is 8.06. The van der Waals surface area contributed by atoms with Crippen LogP contribution < -0.4 is 4.90 Å². The number of hydrogen-bond acceptors (Lipinski definition) is 4. The van der Waals surface area contributed by atoms with E-state index in [4.69, 9.17) is 0 Å². The van der Waals surface area contributed by atoms with E-state index in [1.54, 1.807) is 10.6 Å². The number of aromatic nitrogens is 2. The maximum Gasteiger partial charge on any atom is 0.356 e. The molecule has 0 atom stereocenters. The largest absolute Gasteiger partial charge is 0.476 e. The summed E-state index contributed by atoms with van der Waals surface area (Å²) in [6.07, 6.45) is 2.77. The number of nitrogens with zero attached hydrogens (tertiary/aromatic N) is 3. The summed E-state index contributed by atoms with van der Waals surface area (Å²) in [6, 6.07) is 5.54. The molecule has 3 heterocycles. The fourth-order valence-corrected chi connectivity index (χ4v) is 3.73. The molecule has 5 nitrogen and oxygen atoms in total. The van der Waals surface area contributed by atoms with Gasteiger partial charge in [-0.05, 0) is 18.6 Å². The molecule has 2 aromatic rings. The van der Waals surface area contributed by atoms with E-state index in [0.29, 0.717) is 11.5 Å². The van der Waals surface area contributed by atoms with E-state index in [0.717, 1.165) is 25.3 Å². The first-order chi connectivity index (χ1) is 9.98. The Morgan fingerprint density at radius 3 is 2.95 bits per heavy atom. The van der Waals surface area contributed by atoms with Gasteiger partial charge in [0.2, 0.25) is 0 Å². The van der Waals surface area contributed by atoms with Crippen LogP contribution in [-0.4, -0.2) is 44.0 Å². The summed E-state index contributed by atoms with van der Waals surface area (Å²) in [6.45, 7) is 6.15. The van der Waals surface area contributed by atoms with Gasteiger partial charge in [0.15, 0.2) is 11.5 Å². The highest BCUT2D eigenvalue weighted by Crippen LogP contribution is 2.33. The number of hydrogen-bond donors (Lipinski definition) is 1. The zero-order chi connectivity index (χ0) is 15.0. The lowest BCUT2D eigenvalue weighted by atomic mass is 10.1. The second kappa shape index (κ2) is 5.26. The van der Waals surface area contributed by atoms with Gasteiger partial charge in [-0.3, -0.25) is 4.40 Å². The lowest BCUT2D eigenvalue weighted by molar-refractivity contribution is 0.0690. The molecule has 0 saturated carbocycles. The van der Waals surface area contributed by atoms with Crippen LogP contribution in [0.25, 0.3) is 5.65 Å². The third kappa shape index (κ3) is 2.72. The highest BCUT2D eigenvalue weighted by Gasteiger charge is 2.28. The van der Waals surface area contributed by atoms with E-state index in [9.17, 15) is 9.90 Å². The number of anilines is 1. The molecule has 0 unspecified atom stereocenters. The van der Waals surface area contributed by atoms with Gasteiger partial charge in [-0.25, -0.2) is 9.78 Å². The summed E-state index contributed by atoms with van der Waals surface area (Å²) < 4.78 is 1.89. The summed E-state index contributed by atoms with van der Waals surface area (Å²) in [4.78, 5) is 18.3. The zero-order valence-electron chi connectivity index (χ0n) is 12.2. The minimum absolute atomic E-state index is 0.233. The number of carbonyl (C=O) groups is 1. The molecule has 2 aromatic heterocycles. The third-order valence-electron chi connectivity index (χ3n) is 3.85. The van der Waals surface area contributed by atoms with E-state index in [2.05, 4.69) is 23.7 Å². The molecule has 0 aliphatic carbocycles. The number of rotatable bonds is 2. The Hall–Kier alpha value is -1.69. The molecule has 1 aliphatic rings. The number of aromatic carboxylic acids is 1. The Kier molecular flexibility index (Phi) is 3.57. The number of carboxylic acid groups (broad SMARTS) is 1. The van der Waals surface area contributed by atoms with Crippen LogP contribution >= 0.6 is 11.8 Å². The highest BCUT2D eigenvalue weighted by atomic mass is 32.2. The summed E-state index contributed by atoms with van der Waals surface area (Å²) in [5.41, 5.74) is 0.941. The van der Waals surface area contributed by atoms with E-state index in [1.165, 1.54) is 0 Å². The maximum atomic E-state index is 11.7. The lowest BCUT2D eigenvalue weighted by Gasteiger charge is -2.22. The fraction of sp³-hybridized carbons (Fsp3) is 0.467. The van der Waals surface area contributed by atoms with Crippen LogP contribution in [0.15, 0.2) is 24.4 Å². The Morgan fingerprint density at radius 2 is 2.19 bits per heavy atom. The monoisotopic (exact) mass is 305 g/mol. The average molecular weight is 305 g/mol. The van der Waals surface area contributed by atoms with Gasteiger partial charge in [0, 0.05) is 29.8 Å². The van der Waals surface area contributed by atoms with Crippen molar-refractivity contribution in [3.8, 4) is 0 Å². The first-order valence-electron chi connectivity index (χ1n) is 7.07. The van der Waals surface area contributed by atoms with Gasteiger partial charge in [-0.15, -0.1) is 0 Å². The molecular weight excluding hydrogens is 286 g/mol. The molecule has 1 aliphatic heterocycles. The SMILES string of the molecule is CC1(C)CCN(c2nc3ccccn3c2C(=O)O)CCS1. The second-order valence-corrected chi connectivity index (χ2v) is 7.67. The van der Waals surface area contributed by atoms with Crippen LogP contribution in [0, 0.1) is 0 Å². The molecule has 0 aromatic carbocycles. The summed E-state index contributed by atoms with van der Waals surface area (Å²) in [5, 5.41) is 9.56. The number of imidazole rings is 1. The molecule has 3 rings (SSSR count). The minimum atomic E-state index is -0.931. The molecule has 1 N–H and O–H groups in total. The van der Waals surface area contributed by atoms with E-state index >= 15 is 0 Å². The van der Waals surface area contributed by atoms with Crippen molar-refractivity contribution in [2.75, 3.05) is 23.7 Å². The van der Waals surface area contributed by atoms with Crippen molar-refractivity contribution in [2.24, 2.45) is 0 Å². The van der Waals surface area contributed by atoms with Crippen molar-refractivity contribution < 1.29 is 9.90 Å². The van der Waals surface area contributed by atoms with Crippen LogP contribution in [0.3, 0.4) is 0 Å². The second-order valence-electron chi connectivity index (χ2n) is 5.86. The molecule has 112 valence electrons. The van der Waals surface area contributed by atoms with Gasteiger partial charge in [-0.1, -0.05) is 19.9 Å². The van der Waals surface area contributed by atoms with Crippen LogP contribution in [0.5, 0.6) is 0 Å². The van der Waals surface area contributed by atoms with Crippen LogP contribution in [-0.2, 0) is 0 Å². The van der Waals surface area contributed by atoms with E-state index in [-0.39, 0.29) is 10.4 Å². The van der Waals surface area contributed by atoms with Crippen LogP contribution in [0.1, 0.15) is 30.8 Å². The van der Waals surface area contributed by atoms with E-state index < -0.39 is 5.97 Å². The normalized spacial score (nSPS) is 18.7. The maximum absolute atomic E-state index is 11.7. The molecule has 0 radical (unpaired) electrons. The molecule has 1 fully saturated rings. The summed E-state index contributed by atoms with van der Waals surface area (Å²) >= 11 is 1.94. The average Bonchev–Trinajstić information content (AvgIpc) is 2.72. The number of thioether (sulfide) groups is 1. The van der Waals surface area contributed by atoms with Gasteiger partial charge < -0.3 is 10.0 Å². The Balaban J connectivity index is 2.03. The van der Waals surface area contributed by atoms with E-state index in [1.807, 2.05) is 30.0 Å². The smallest absolute Gasteiger partial charge is 0.356 e. The Bertz CT molecular complexity index is 681. The van der Waals surface area contributed by atoms with Crippen LogP contribution in [0.4, 0.5) is 5.82 Å². The van der Waals surface area contributed by atoms with Gasteiger partial charge in [0.25, 0.3) is 0 Å². The zero-order valence-corrected chi connectivity index (χ0v) is 13.1. The highest BCUT2D eigenvalue weighted by molar-refractivity contribution is 8.00. The predicted octanol–water partition coefficient (Wildman–Crippen LogP) is 2.75. The third-order valence-corrected chi connectivity index (χ3v) is 5.22. The first kappa shape index (κ1) is 14.3. The molecule has 6 heteroatoms. The molecule has 0 spiro atoms. The molecular formula is C15H19N3O2S. The van der Waals surface area contributed by atoms with Gasteiger partial charge >= 0.3 is 5.97 Å². The predicted molar refractivity (Wildman–Crippen MR) is 85.5 cm³/mol. The van der Waals surface area contributed by atoms with Crippen molar-refractivity contribution in [1.29, 1.82) is 0 Å². The Morgan fingerprint density at radius 1 is 1.38 bits per heavy atom. The Labute approximate surface area is 128 Å². The molecule has 0 amide bonds. The quantitative estimate of drug-likeness (QED) is 0.924. The lowest BCUT2D eigenvalue weighted by Crippen LogP contribution is -2.28. The number of fused-ring (bicyclic) bond motifs is 1. The van der Waals surface area contributed by atoms with Crippen molar-refractivity contribution in [2.45, 2.75) is 25.0 Å². The van der Waals surface area contributed by atoms with Crippen molar-refractivity contribution in [3.63, 3.8) is 0 Å². The van der Waals surface area contributed by atoms with Gasteiger partial charge in [0.1, 0.15) is 5.65 Å². The fourth-order valence-electron chi connectivity index (χ4n) is 2.63. The van der Waals surface area contributed by atoms with Gasteiger partial charge in [-0.2, -0.15) is 11.8 Å². The standard InChI is InChI=1S/C15H19N3O2S/c1-15(2)6-8-17(9-10-21-15)13-12(14(19)20)18-7-4-3-5-11(18)16-13/h3-5,7H,6,8-10H2,1-2H3,(H,19,20). The van der Waals surface area contributed by atoms with Crippen molar-refractivity contribution >= 4 is 29.2 Å². The number of pyridine rings is 1. The van der Waals surface area contributed by atoms with Crippen molar-refractivity contribution in [3.05, 3.63) is 30.1 Å².